The number of rotatable bonds is 6. The van der Waals surface area contributed by atoms with Crippen LogP contribution in [-0.2, 0) is 16.4 Å². The molecule has 24 heavy (non-hydrogen) atoms. The first-order chi connectivity index (χ1) is 10.7. The predicted octanol–water partition coefficient (Wildman–Crippen LogP) is 1.68. The molecular weight excluding hydrogens is 350 g/mol. The average molecular weight is 376 g/mol. The highest BCUT2D eigenvalue weighted by Gasteiger charge is 2.27. The first kappa shape index (κ1) is 20.7. The maximum absolute atomic E-state index is 12.3. The fourth-order valence-electron chi connectivity index (χ4n) is 2.72. The van der Waals surface area contributed by atoms with Crippen molar-refractivity contribution in [3.8, 4) is 0 Å². The van der Waals surface area contributed by atoms with Gasteiger partial charge in [0, 0.05) is 24.2 Å². The Hall–Kier alpha value is -1.31. The molecule has 0 unspecified atom stereocenters. The van der Waals surface area contributed by atoms with Gasteiger partial charge in [0.1, 0.15) is 0 Å². The molecule has 1 aromatic carbocycles. The van der Waals surface area contributed by atoms with E-state index < -0.39 is 10.0 Å². The van der Waals surface area contributed by atoms with Crippen molar-refractivity contribution in [2.75, 3.05) is 23.7 Å². The van der Waals surface area contributed by atoms with Crippen molar-refractivity contribution in [1.82, 2.24) is 5.32 Å². The Balaban J connectivity index is 0.00000288. The van der Waals surface area contributed by atoms with Crippen molar-refractivity contribution in [1.29, 1.82) is 0 Å². The van der Waals surface area contributed by atoms with E-state index in [2.05, 4.69) is 5.32 Å². The van der Waals surface area contributed by atoms with Crippen molar-refractivity contribution in [2.45, 2.75) is 38.6 Å². The van der Waals surface area contributed by atoms with Gasteiger partial charge in [-0.25, -0.2) is 8.42 Å². The van der Waals surface area contributed by atoms with Crippen LogP contribution in [0.1, 0.15) is 42.6 Å². The summed E-state index contributed by atoms with van der Waals surface area (Å²) in [6, 6.07) is 5.13. The van der Waals surface area contributed by atoms with E-state index in [9.17, 15) is 13.2 Å². The smallest absolute Gasteiger partial charge is 0.251 e. The number of amides is 1. The van der Waals surface area contributed by atoms with E-state index >= 15 is 0 Å². The van der Waals surface area contributed by atoms with Gasteiger partial charge in [-0.1, -0.05) is 13.8 Å². The fourth-order valence-corrected chi connectivity index (χ4v) is 3.67. The normalized spacial score (nSPS) is 14.1. The molecule has 0 saturated carbocycles. The third kappa shape index (κ3) is 4.40. The highest BCUT2D eigenvalue weighted by molar-refractivity contribution is 7.92. The Kier molecular flexibility index (Phi) is 6.67. The minimum Gasteiger partial charge on any atom is -0.350 e. The lowest BCUT2D eigenvalue weighted by Crippen LogP contribution is -2.49. The summed E-state index contributed by atoms with van der Waals surface area (Å²) in [5, 5.41) is 2.88. The quantitative estimate of drug-likeness (QED) is 0.791. The van der Waals surface area contributed by atoms with Gasteiger partial charge in [-0.15, -0.1) is 12.4 Å². The van der Waals surface area contributed by atoms with Crippen molar-refractivity contribution in [2.24, 2.45) is 5.73 Å². The highest BCUT2D eigenvalue weighted by Crippen LogP contribution is 2.30. The van der Waals surface area contributed by atoms with Crippen LogP contribution in [-0.4, -0.2) is 39.2 Å². The van der Waals surface area contributed by atoms with Crippen LogP contribution in [0.25, 0.3) is 0 Å². The summed E-state index contributed by atoms with van der Waals surface area (Å²) in [5.41, 5.74) is 7.89. The lowest BCUT2D eigenvalue weighted by Gasteiger charge is -2.26. The maximum atomic E-state index is 12.3. The van der Waals surface area contributed by atoms with E-state index in [4.69, 9.17) is 5.73 Å². The second-order valence-electron chi connectivity index (χ2n) is 6.18. The van der Waals surface area contributed by atoms with Gasteiger partial charge in [-0.2, -0.15) is 0 Å². The molecule has 1 heterocycles. The molecule has 1 aliphatic rings. The number of hydrogen-bond acceptors (Lipinski definition) is 4. The van der Waals surface area contributed by atoms with Gasteiger partial charge in [0.25, 0.3) is 5.91 Å². The van der Waals surface area contributed by atoms with E-state index in [0.717, 1.165) is 18.4 Å². The molecule has 0 atom stereocenters. The van der Waals surface area contributed by atoms with Crippen LogP contribution in [0.3, 0.4) is 0 Å². The average Bonchev–Trinajstić information content (AvgIpc) is 2.95. The number of sulfonamides is 1. The zero-order valence-corrected chi connectivity index (χ0v) is 16.0. The zero-order valence-electron chi connectivity index (χ0n) is 14.3. The molecular formula is C16H26ClN3O3S. The number of benzene rings is 1. The number of nitrogens with one attached hydrogen (secondary N) is 1. The molecule has 0 bridgehead atoms. The summed E-state index contributed by atoms with van der Waals surface area (Å²) >= 11 is 0. The first-order valence-corrected chi connectivity index (χ1v) is 9.73. The van der Waals surface area contributed by atoms with Crippen molar-refractivity contribution >= 4 is 34.0 Å². The second-order valence-corrected chi connectivity index (χ2v) is 8.09. The first-order valence-electron chi connectivity index (χ1n) is 7.88. The van der Waals surface area contributed by atoms with Crippen molar-refractivity contribution < 1.29 is 13.2 Å². The summed E-state index contributed by atoms with van der Waals surface area (Å²) in [6.07, 6.45) is 3.39. The van der Waals surface area contributed by atoms with Gasteiger partial charge in [-0.3, -0.25) is 9.10 Å². The number of anilines is 1. The van der Waals surface area contributed by atoms with Gasteiger partial charge in [0.2, 0.25) is 10.0 Å². The third-order valence-corrected chi connectivity index (χ3v) is 5.78. The van der Waals surface area contributed by atoms with Crippen LogP contribution in [0.15, 0.2) is 18.2 Å². The van der Waals surface area contributed by atoms with Crippen LogP contribution >= 0.6 is 12.4 Å². The molecule has 0 radical (unpaired) electrons. The summed E-state index contributed by atoms with van der Waals surface area (Å²) in [6.45, 7) is 4.86. The van der Waals surface area contributed by atoms with E-state index in [1.54, 1.807) is 18.2 Å². The second kappa shape index (κ2) is 7.72. The number of fused-ring (bicyclic) bond motifs is 1. The lowest BCUT2D eigenvalue weighted by molar-refractivity contribution is 0.0942. The molecule has 2 rings (SSSR count). The van der Waals surface area contributed by atoms with Crippen LogP contribution in [0.2, 0.25) is 0 Å². The van der Waals surface area contributed by atoms with E-state index in [-0.39, 0.29) is 23.9 Å². The molecule has 1 amide bonds. The maximum Gasteiger partial charge on any atom is 0.251 e. The standard InChI is InChI=1S/C16H25N3O3S.ClH/c1-4-16(17,5-2)11-18-15(20)13-6-7-14-12(10-13)8-9-19(14)23(3,21)22;/h6-7,10H,4-5,8-9,11,17H2,1-3H3,(H,18,20);1H. The molecule has 136 valence electrons. The van der Waals surface area contributed by atoms with E-state index in [1.165, 1.54) is 10.6 Å². The molecule has 1 aromatic rings. The molecule has 0 aliphatic carbocycles. The number of halogens is 1. The zero-order chi connectivity index (χ0) is 17.3. The van der Waals surface area contributed by atoms with Crippen LogP contribution in [0.4, 0.5) is 5.69 Å². The molecule has 0 fully saturated rings. The highest BCUT2D eigenvalue weighted by atomic mass is 35.5. The Bertz CT molecular complexity index is 703. The Labute approximate surface area is 150 Å². The fraction of sp³-hybridized carbons (Fsp3) is 0.562. The van der Waals surface area contributed by atoms with Gasteiger partial charge < -0.3 is 11.1 Å². The van der Waals surface area contributed by atoms with E-state index in [0.29, 0.717) is 30.8 Å². The van der Waals surface area contributed by atoms with Crippen molar-refractivity contribution in [3.63, 3.8) is 0 Å². The van der Waals surface area contributed by atoms with Crippen LogP contribution < -0.4 is 15.4 Å². The van der Waals surface area contributed by atoms with Gasteiger partial charge >= 0.3 is 0 Å². The Morgan fingerprint density at radius 1 is 1.33 bits per heavy atom. The molecule has 3 N–H and O–H groups in total. The molecule has 0 saturated heterocycles. The number of carbonyl (C=O) groups is 1. The molecule has 0 aromatic heterocycles. The van der Waals surface area contributed by atoms with Gasteiger partial charge in [-0.05, 0) is 43.0 Å². The minimum atomic E-state index is -3.27. The Morgan fingerprint density at radius 3 is 2.50 bits per heavy atom. The molecule has 0 spiro atoms. The Morgan fingerprint density at radius 2 is 1.96 bits per heavy atom. The molecule has 1 aliphatic heterocycles. The monoisotopic (exact) mass is 375 g/mol. The van der Waals surface area contributed by atoms with Crippen LogP contribution in [0.5, 0.6) is 0 Å². The van der Waals surface area contributed by atoms with Gasteiger partial charge in [0.05, 0.1) is 11.9 Å². The third-order valence-electron chi connectivity index (χ3n) is 4.60. The summed E-state index contributed by atoms with van der Waals surface area (Å²) in [5.74, 6) is -0.178. The predicted molar refractivity (Wildman–Crippen MR) is 99.4 cm³/mol. The van der Waals surface area contributed by atoms with Crippen LogP contribution in [0, 0.1) is 0 Å². The molecule has 8 heteroatoms. The number of nitrogens with two attached hydrogens (primary N) is 1. The number of nitrogens with zero attached hydrogens (tertiary/aromatic N) is 1. The van der Waals surface area contributed by atoms with E-state index in [1.807, 2.05) is 13.8 Å². The minimum absolute atomic E-state index is 0. The number of hydrogen-bond donors (Lipinski definition) is 2. The summed E-state index contributed by atoms with van der Waals surface area (Å²) in [4.78, 5) is 12.3. The lowest BCUT2D eigenvalue weighted by atomic mass is 9.94. The SMILES string of the molecule is CCC(N)(CC)CNC(=O)c1ccc2c(c1)CCN2S(C)(=O)=O.Cl. The summed E-state index contributed by atoms with van der Waals surface area (Å²) < 4.78 is 24.8. The summed E-state index contributed by atoms with van der Waals surface area (Å²) in [7, 11) is -3.27. The number of carbonyl (C=O) groups excluding carboxylic acids is 1. The molecule has 6 nitrogen and oxygen atoms in total. The van der Waals surface area contributed by atoms with Crippen molar-refractivity contribution in [3.05, 3.63) is 29.3 Å². The topological polar surface area (TPSA) is 92.5 Å². The van der Waals surface area contributed by atoms with Gasteiger partial charge in [0.15, 0.2) is 0 Å². The largest absolute Gasteiger partial charge is 0.350 e.